The van der Waals surface area contributed by atoms with Gasteiger partial charge in [-0.25, -0.2) is 0 Å². The molecule has 6 N–H and O–H groups in total. The molecule has 0 bridgehead atoms. The van der Waals surface area contributed by atoms with E-state index in [1.165, 1.54) is 0 Å². The van der Waals surface area contributed by atoms with Crippen molar-refractivity contribution in [2.75, 3.05) is 11.9 Å². The maximum absolute atomic E-state index is 13.1. The van der Waals surface area contributed by atoms with Gasteiger partial charge < -0.3 is 26.5 Å². The molecule has 0 radical (unpaired) electrons. The third kappa shape index (κ3) is 4.13. The van der Waals surface area contributed by atoms with Crippen molar-refractivity contribution in [3.63, 3.8) is 0 Å². The molecule has 5 rings (SSSR count). The number of benzene rings is 3. The number of aromatic amines is 1. The van der Waals surface area contributed by atoms with Gasteiger partial charge in [0.25, 0.3) is 0 Å². The summed E-state index contributed by atoms with van der Waals surface area (Å²) in [5.41, 5.74) is 14.7. The van der Waals surface area contributed by atoms with E-state index in [2.05, 4.69) is 39.9 Å². The van der Waals surface area contributed by atoms with Crippen LogP contribution in [0.3, 0.4) is 0 Å². The summed E-state index contributed by atoms with van der Waals surface area (Å²) in [6.07, 6.45) is 3.26. The summed E-state index contributed by atoms with van der Waals surface area (Å²) in [6.45, 7) is 4.64. The lowest BCUT2D eigenvalue weighted by molar-refractivity contribution is -0.123. The number of H-pyrrole nitrogens is 1. The van der Waals surface area contributed by atoms with E-state index in [-0.39, 0.29) is 17.7 Å². The molecule has 174 valence electrons. The molecule has 0 unspecified atom stereocenters. The maximum Gasteiger partial charge on any atom is 0.237 e. The fraction of sp³-hybridized carbons (Fsp3) is 0.250. The smallest absolute Gasteiger partial charge is 0.237 e. The summed E-state index contributed by atoms with van der Waals surface area (Å²) >= 11 is 0. The predicted octanol–water partition coefficient (Wildman–Crippen LogP) is 4.70. The van der Waals surface area contributed by atoms with E-state index in [4.69, 9.17) is 5.73 Å². The van der Waals surface area contributed by atoms with Crippen molar-refractivity contribution in [1.82, 2.24) is 10.3 Å². The molecular formula is C28H30N4O2. The number of phenols is 1. The van der Waals surface area contributed by atoms with Crippen molar-refractivity contribution in [3.05, 3.63) is 83.0 Å². The Morgan fingerprint density at radius 1 is 1.15 bits per heavy atom. The molecule has 1 aromatic heterocycles. The topological polar surface area (TPSA) is 103 Å². The van der Waals surface area contributed by atoms with Crippen molar-refractivity contribution >= 4 is 22.5 Å². The Hall–Kier alpha value is -3.77. The first-order chi connectivity index (χ1) is 16.4. The number of amides is 1. The van der Waals surface area contributed by atoms with Crippen molar-refractivity contribution in [1.29, 1.82) is 0 Å². The highest BCUT2D eigenvalue weighted by atomic mass is 16.3. The van der Waals surface area contributed by atoms with E-state index >= 15 is 0 Å². The predicted molar refractivity (Wildman–Crippen MR) is 137 cm³/mol. The summed E-state index contributed by atoms with van der Waals surface area (Å²) in [6, 6.07) is 17.2. The Bertz CT molecular complexity index is 1340. The van der Waals surface area contributed by atoms with Crippen LogP contribution in [0.15, 0.2) is 60.8 Å². The Morgan fingerprint density at radius 3 is 2.62 bits per heavy atom. The average Bonchev–Trinajstić information content (AvgIpc) is 3.23. The number of rotatable bonds is 5. The van der Waals surface area contributed by atoms with Gasteiger partial charge in [-0.3, -0.25) is 4.79 Å². The minimum absolute atomic E-state index is 0.111. The quantitative estimate of drug-likeness (QED) is 0.302. The van der Waals surface area contributed by atoms with Crippen LogP contribution in [0, 0.1) is 13.8 Å². The van der Waals surface area contributed by atoms with Crippen LogP contribution in [0.4, 0.5) is 5.69 Å². The number of fused-ring (bicyclic) bond motifs is 2. The minimum atomic E-state index is -0.670. The number of aromatic nitrogens is 1. The molecule has 0 saturated carbocycles. The van der Waals surface area contributed by atoms with Crippen LogP contribution in [-0.2, 0) is 11.2 Å². The summed E-state index contributed by atoms with van der Waals surface area (Å²) in [5.74, 6) is 0.0659. The molecule has 1 amide bonds. The van der Waals surface area contributed by atoms with E-state index in [9.17, 15) is 9.90 Å². The third-order valence-electron chi connectivity index (χ3n) is 6.82. The first-order valence-electron chi connectivity index (χ1n) is 11.7. The zero-order valence-corrected chi connectivity index (χ0v) is 19.5. The molecule has 4 aromatic rings. The molecule has 3 aromatic carbocycles. The van der Waals surface area contributed by atoms with Crippen molar-refractivity contribution in [2.24, 2.45) is 5.73 Å². The molecule has 2 atom stereocenters. The van der Waals surface area contributed by atoms with Crippen LogP contribution in [0.2, 0.25) is 0 Å². The lowest BCUT2D eigenvalue weighted by Crippen LogP contribution is -2.44. The lowest BCUT2D eigenvalue weighted by Gasteiger charge is -2.29. The third-order valence-corrected chi connectivity index (χ3v) is 6.82. The number of aromatic hydroxyl groups is 1. The second kappa shape index (κ2) is 8.88. The van der Waals surface area contributed by atoms with Gasteiger partial charge in [0.2, 0.25) is 5.91 Å². The number of hydrogen-bond donors (Lipinski definition) is 5. The van der Waals surface area contributed by atoms with Crippen LogP contribution in [0.1, 0.15) is 34.7 Å². The molecule has 0 saturated heterocycles. The highest BCUT2D eigenvalue weighted by molar-refractivity contribution is 5.98. The maximum atomic E-state index is 13.1. The number of carbonyl (C=O) groups excluding carboxylic acids is 1. The Morgan fingerprint density at radius 2 is 1.88 bits per heavy atom. The fourth-order valence-electron chi connectivity index (χ4n) is 5.02. The number of nitrogens with one attached hydrogen (secondary N) is 3. The molecule has 0 aliphatic carbocycles. The molecule has 1 aliphatic rings. The number of anilines is 1. The van der Waals surface area contributed by atoms with Gasteiger partial charge in [0.1, 0.15) is 5.75 Å². The molecule has 2 heterocycles. The molecule has 6 nitrogen and oxygen atoms in total. The lowest BCUT2D eigenvalue weighted by atomic mass is 9.93. The van der Waals surface area contributed by atoms with Crippen LogP contribution < -0.4 is 16.4 Å². The van der Waals surface area contributed by atoms with Gasteiger partial charge in [-0.05, 0) is 78.8 Å². The zero-order chi connectivity index (χ0) is 23.8. The van der Waals surface area contributed by atoms with Gasteiger partial charge in [-0.1, -0.05) is 30.3 Å². The highest BCUT2D eigenvalue weighted by Gasteiger charge is 2.26. The monoisotopic (exact) mass is 454 g/mol. The fourth-order valence-corrected chi connectivity index (χ4v) is 5.02. The summed E-state index contributed by atoms with van der Waals surface area (Å²) in [7, 11) is 0. The first-order valence-corrected chi connectivity index (χ1v) is 11.7. The first kappa shape index (κ1) is 22.0. The van der Waals surface area contributed by atoms with E-state index in [1.54, 1.807) is 12.1 Å². The number of phenolic OH excluding ortho intramolecular Hbond substituents is 1. The molecule has 34 heavy (non-hydrogen) atoms. The number of aryl methyl sites for hydroxylation is 2. The molecule has 6 heteroatoms. The van der Waals surface area contributed by atoms with Gasteiger partial charge in [-0.15, -0.1) is 0 Å². The van der Waals surface area contributed by atoms with Crippen LogP contribution >= 0.6 is 0 Å². The van der Waals surface area contributed by atoms with Crippen LogP contribution in [0.25, 0.3) is 22.0 Å². The van der Waals surface area contributed by atoms with Gasteiger partial charge in [0.05, 0.1) is 12.1 Å². The molecular weight excluding hydrogens is 424 g/mol. The van der Waals surface area contributed by atoms with Crippen molar-refractivity contribution in [3.8, 4) is 16.9 Å². The normalized spacial score (nSPS) is 16.0. The summed E-state index contributed by atoms with van der Waals surface area (Å²) in [4.78, 5) is 16.5. The van der Waals surface area contributed by atoms with Gasteiger partial charge in [-0.2, -0.15) is 0 Å². The van der Waals surface area contributed by atoms with E-state index in [0.717, 1.165) is 62.9 Å². The Balaban J connectivity index is 1.40. The zero-order valence-electron chi connectivity index (χ0n) is 19.5. The molecule has 1 aliphatic heterocycles. The van der Waals surface area contributed by atoms with E-state index < -0.39 is 6.04 Å². The molecule has 0 spiro atoms. The second-order valence-corrected chi connectivity index (χ2v) is 9.20. The second-order valence-electron chi connectivity index (χ2n) is 9.20. The summed E-state index contributed by atoms with van der Waals surface area (Å²) < 4.78 is 0. The van der Waals surface area contributed by atoms with E-state index in [1.807, 2.05) is 38.2 Å². The molecule has 0 fully saturated rings. The minimum Gasteiger partial charge on any atom is -0.508 e. The Kier molecular flexibility index (Phi) is 5.75. The van der Waals surface area contributed by atoms with Gasteiger partial charge in [0.15, 0.2) is 0 Å². The van der Waals surface area contributed by atoms with Crippen molar-refractivity contribution < 1.29 is 9.90 Å². The standard InChI is InChI=1S/C28H30N4O2/c1-16-10-19(33)11-17(2)20(16)13-24(29)28(34)32-25-8-9-30-27-14-26-21(12-22(25)27)23(15-31-26)18-6-4-3-5-7-18/h3-7,10-12,14-15,24-25,30-31,33H,8-9,13,29H2,1-2H3,(H,32,34)/t24-,25+/m0/s1. The Labute approximate surface area is 199 Å². The van der Waals surface area contributed by atoms with Crippen LogP contribution in [0.5, 0.6) is 5.75 Å². The number of carbonyl (C=O) groups is 1. The van der Waals surface area contributed by atoms with Gasteiger partial charge in [0, 0.05) is 34.9 Å². The van der Waals surface area contributed by atoms with Gasteiger partial charge >= 0.3 is 0 Å². The summed E-state index contributed by atoms with van der Waals surface area (Å²) in [5, 5.41) is 17.6. The van der Waals surface area contributed by atoms with Crippen LogP contribution in [-0.4, -0.2) is 28.6 Å². The largest absolute Gasteiger partial charge is 0.508 e. The highest BCUT2D eigenvalue weighted by Crippen LogP contribution is 2.37. The SMILES string of the molecule is Cc1cc(O)cc(C)c1C[C@H](N)C(=O)N[C@@H]1CCNc2cc3[nH]cc(-c4ccccc4)c3cc21. The number of nitrogens with two attached hydrogens (primary N) is 1. The average molecular weight is 455 g/mol. The number of hydrogen-bond acceptors (Lipinski definition) is 4. The van der Waals surface area contributed by atoms with Crippen molar-refractivity contribution in [2.45, 2.75) is 38.8 Å². The van der Waals surface area contributed by atoms with E-state index in [0.29, 0.717) is 6.42 Å².